The lowest BCUT2D eigenvalue weighted by Gasteiger charge is -2.22. The van der Waals surface area contributed by atoms with Crippen LogP contribution in [0.15, 0.2) is 30.8 Å². The van der Waals surface area contributed by atoms with Crippen LogP contribution >= 0.6 is 0 Å². The Morgan fingerprint density at radius 1 is 1.38 bits per heavy atom. The van der Waals surface area contributed by atoms with Gasteiger partial charge in [0.05, 0.1) is 0 Å². The number of amides is 1. The maximum atomic E-state index is 11.7. The van der Waals surface area contributed by atoms with Crippen LogP contribution in [0.4, 0.5) is 4.79 Å². The van der Waals surface area contributed by atoms with E-state index in [0.717, 1.165) is 11.1 Å². The van der Waals surface area contributed by atoms with Crippen molar-refractivity contribution in [3.8, 4) is 0 Å². The predicted octanol–water partition coefficient (Wildman–Crippen LogP) is 2.85. The van der Waals surface area contributed by atoms with E-state index in [0.29, 0.717) is 0 Å². The number of rotatable bonds is 5. The zero-order chi connectivity index (χ0) is 16.0. The number of ether oxygens (including phenoxy) is 1. The smallest absolute Gasteiger partial charge is 0.408 e. The van der Waals surface area contributed by atoms with Gasteiger partial charge in [0.1, 0.15) is 11.6 Å². The van der Waals surface area contributed by atoms with Gasteiger partial charge in [0.15, 0.2) is 0 Å². The molecule has 0 aromatic heterocycles. The molecule has 0 aliphatic rings. The van der Waals surface area contributed by atoms with Gasteiger partial charge in [0.25, 0.3) is 0 Å². The van der Waals surface area contributed by atoms with Crippen molar-refractivity contribution < 1.29 is 19.4 Å². The number of alkyl carbamates (subject to hydrolysis) is 1. The molecule has 114 valence electrons. The summed E-state index contributed by atoms with van der Waals surface area (Å²) in [6.07, 6.45) is 1.07. The van der Waals surface area contributed by atoms with Crippen LogP contribution in [0.1, 0.15) is 31.9 Å². The SMILES string of the molecule is C=Cc1ccccc1C[C@H](NC(=O)OC(C)(C)C)C(=O)O. The second kappa shape index (κ2) is 6.92. The van der Waals surface area contributed by atoms with E-state index in [4.69, 9.17) is 4.74 Å². The number of benzene rings is 1. The van der Waals surface area contributed by atoms with Crippen molar-refractivity contribution in [3.05, 3.63) is 42.0 Å². The van der Waals surface area contributed by atoms with Gasteiger partial charge >= 0.3 is 12.1 Å². The maximum Gasteiger partial charge on any atom is 0.408 e. The van der Waals surface area contributed by atoms with Crippen molar-refractivity contribution in [2.45, 2.75) is 38.8 Å². The number of nitrogens with one attached hydrogen (secondary N) is 1. The Balaban J connectivity index is 2.81. The first-order chi connectivity index (χ1) is 9.73. The molecule has 0 fully saturated rings. The third-order valence-corrected chi connectivity index (χ3v) is 2.69. The minimum absolute atomic E-state index is 0.163. The number of carboxylic acid groups (broad SMARTS) is 1. The van der Waals surface area contributed by atoms with E-state index >= 15 is 0 Å². The van der Waals surface area contributed by atoms with Crippen molar-refractivity contribution in [1.29, 1.82) is 0 Å². The highest BCUT2D eigenvalue weighted by molar-refractivity contribution is 5.80. The van der Waals surface area contributed by atoms with Crippen LogP contribution in [-0.4, -0.2) is 28.8 Å². The molecule has 0 unspecified atom stereocenters. The molecular formula is C16H21NO4. The molecule has 0 radical (unpaired) electrons. The van der Waals surface area contributed by atoms with Crippen LogP contribution in [0.25, 0.3) is 6.08 Å². The Hall–Kier alpha value is -2.30. The van der Waals surface area contributed by atoms with Crippen LogP contribution in [0.3, 0.4) is 0 Å². The summed E-state index contributed by atoms with van der Waals surface area (Å²) in [6, 6.07) is 6.26. The van der Waals surface area contributed by atoms with E-state index in [2.05, 4.69) is 11.9 Å². The average molecular weight is 291 g/mol. The molecule has 0 aliphatic carbocycles. The van der Waals surface area contributed by atoms with Gasteiger partial charge in [-0.2, -0.15) is 0 Å². The summed E-state index contributed by atoms with van der Waals surface area (Å²) in [7, 11) is 0. The first-order valence-corrected chi connectivity index (χ1v) is 6.65. The molecule has 1 rings (SSSR count). The van der Waals surface area contributed by atoms with E-state index < -0.39 is 23.7 Å². The van der Waals surface area contributed by atoms with E-state index in [1.165, 1.54) is 0 Å². The Labute approximate surface area is 124 Å². The molecule has 0 aliphatic heterocycles. The predicted molar refractivity (Wildman–Crippen MR) is 81.0 cm³/mol. The summed E-state index contributed by atoms with van der Waals surface area (Å²) in [6.45, 7) is 8.85. The van der Waals surface area contributed by atoms with E-state index in [9.17, 15) is 14.7 Å². The summed E-state index contributed by atoms with van der Waals surface area (Å²) in [5.41, 5.74) is 0.970. The van der Waals surface area contributed by atoms with Gasteiger partial charge in [-0.15, -0.1) is 0 Å². The number of aliphatic carboxylic acids is 1. The van der Waals surface area contributed by atoms with E-state index in [-0.39, 0.29) is 6.42 Å². The molecule has 2 N–H and O–H groups in total. The molecule has 0 heterocycles. The molecule has 1 aromatic rings. The average Bonchev–Trinajstić information content (AvgIpc) is 2.36. The van der Waals surface area contributed by atoms with Crippen LogP contribution in [0, 0.1) is 0 Å². The lowest BCUT2D eigenvalue weighted by atomic mass is 10.0. The van der Waals surface area contributed by atoms with Gasteiger partial charge in [-0.3, -0.25) is 0 Å². The maximum absolute atomic E-state index is 11.7. The summed E-state index contributed by atoms with van der Waals surface area (Å²) >= 11 is 0. The standard InChI is InChI=1S/C16H21NO4/c1-5-11-8-6-7-9-12(11)10-13(14(18)19)17-15(20)21-16(2,3)4/h5-9,13H,1,10H2,2-4H3,(H,17,20)(H,18,19)/t13-/m0/s1. The third kappa shape index (κ3) is 5.69. The highest BCUT2D eigenvalue weighted by Crippen LogP contribution is 2.13. The fourth-order valence-corrected chi connectivity index (χ4v) is 1.79. The van der Waals surface area contributed by atoms with Crippen molar-refractivity contribution in [3.63, 3.8) is 0 Å². The van der Waals surface area contributed by atoms with Gasteiger partial charge in [-0.05, 0) is 31.9 Å². The van der Waals surface area contributed by atoms with Crippen molar-refractivity contribution >= 4 is 18.1 Å². The molecule has 5 nitrogen and oxygen atoms in total. The summed E-state index contributed by atoms with van der Waals surface area (Å²) in [4.78, 5) is 23.0. The molecule has 1 atom stereocenters. The fourth-order valence-electron chi connectivity index (χ4n) is 1.79. The van der Waals surface area contributed by atoms with Crippen molar-refractivity contribution in [2.24, 2.45) is 0 Å². The van der Waals surface area contributed by atoms with Gasteiger partial charge in [0.2, 0.25) is 0 Å². The highest BCUT2D eigenvalue weighted by Gasteiger charge is 2.24. The second-order valence-electron chi connectivity index (χ2n) is 5.64. The molecule has 21 heavy (non-hydrogen) atoms. The normalized spacial score (nSPS) is 12.3. The van der Waals surface area contributed by atoms with Crippen LogP contribution in [-0.2, 0) is 16.0 Å². The van der Waals surface area contributed by atoms with E-state index in [1.54, 1.807) is 26.8 Å². The van der Waals surface area contributed by atoms with Gasteiger partial charge in [-0.25, -0.2) is 9.59 Å². The second-order valence-corrected chi connectivity index (χ2v) is 5.64. The first-order valence-electron chi connectivity index (χ1n) is 6.65. The lowest BCUT2D eigenvalue weighted by Crippen LogP contribution is -2.44. The number of carboxylic acids is 1. The number of hydrogen-bond acceptors (Lipinski definition) is 3. The Morgan fingerprint density at radius 2 is 2.00 bits per heavy atom. The minimum Gasteiger partial charge on any atom is -0.480 e. The third-order valence-electron chi connectivity index (χ3n) is 2.69. The number of hydrogen-bond donors (Lipinski definition) is 2. The van der Waals surface area contributed by atoms with Gasteiger partial charge in [0, 0.05) is 6.42 Å². The van der Waals surface area contributed by atoms with Gasteiger partial charge < -0.3 is 15.2 Å². The zero-order valence-electron chi connectivity index (χ0n) is 12.6. The molecule has 0 saturated heterocycles. The molecule has 1 amide bonds. The lowest BCUT2D eigenvalue weighted by molar-refractivity contribution is -0.139. The number of carbonyl (C=O) groups is 2. The van der Waals surface area contributed by atoms with Crippen LogP contribution in [0.2, 0.25) is 0 Å². The molecule has 0 spiro atoms. The van der Waals surface area contributed by atoms with Crippen LogP contribution < -0.4 is 5.32 Å². The zero-order valence-corrected chi connectivity index (χ0v) is 12.6. The summed E-state index contributed by atoms with van der Waals surface area (Å²) in [5.74, 6) is -1.11. The van der Waals surface area contributed by atoms with Crippen molar-refractivity contribution in [1.82, 2.24) is 5.32 Å². The quantitative estimate of drug-likeness (QED) is 0.874. The first kappa shape index (κ1) is 16.8. The fraction of sp³-hybridized carbons (Fsp3) is 0.375. The summed E-state index contributed by atoms with van der Waals surface area (Å²) < 4.78 is 5.08. The van der Waals surface area contributed by atoms with Crippen molar-refractivity contribution in [2.75, 3.05) is 0 Å². The molecule has 1 aromatic carbocycles. The summed E-state index contributed by atoms with van der Waals surface area (Å²) in [5, 5.41) is 11.6. The monoisotopic (exact) mass is 291 g/mol. The Bertz CT molecular complexity index is 531. The Kier molecular flexibility index (Phi) is 5.52. The van der Waals surface area contributed by atoms with E-state index in [1.807, 2.05) is 24.3 Å². The molecular weight excluding hydrogens is 270 g/mol. The molecule has 5 heteroatoms. The minimum atomic E-state index is -1.11. The topological polar surface area (TPSA) is 75.6 Å². The Morgan fingerprint density at radius 3 is 2.52 bits per heavy atom. The number of carbonyl (C=O) groups excluding carboxylic acids is 1. The van der Waals surface area contributed by atoms with Crippen LogP contribution in [0.5, 0.6) is 0 Å². The largest absolute Gasteiger partial charge is 0.480 e. The molecule has 0 saturated carbocycles. The van der Waals surface area contributed by atoms with Gasteiger partial charge in [-0.1, -0.05) is 36.9 Å². The molecule has 0 bridgehead atoms. The highest BCUT2D eigenvalue weighted by atomic mass is 16.6.